The van der Waals surface area contributed by atoms with Crippen LogP contribution in [-0.4, -0.2) is 44.2 Å². The maximum absolute atomic E-state index is 6.58. The van der Waals surface area contributed by atoms with Crippen molar-refractivity contribution in [1.82, 2.24) is 0 Å². The zero-order chi connectivity index (χ0) is 13.3. The molecule has 2 N–H and O–H groups in total. The molecule has 2 unspecified atom stereocenters. The highest BCUT2D eigenvalue weighted by Crippen LogP contribution is 2.45. The topological polar surface area (TPSA) is 53.7 Å². The highest BCUT2D eigenvalue weighted by Gasteiger charge is 2.49. The van der Waals surface area contributed by atoms with Crippen molar-refractivity contribution in [2.75, 3.05) is 26.9 Å². The lowest BCUT2D eigenvalue weighted by Gasteiger charge is -2.51. The summed E-state index contributed by atoms with van der Waals surface area (Å²) in [6, 6.07) is 0.162. The number of hydrogen-bond donors (Lipinski definition) is 1. The van der Waals surface area contributed by atoms with Gasteiger partial charge in [-0.25, -0.2) is 0 Å². The fraction of sp³-hybridized carbons (Fsp3) is 1.00. The van der Waals surface area contributed by atoms with E-state index in [2.05, 4.69) is 0 Å². The number of methoxy groups -OCH3 is 1. The molecular weight excluding hydrogens is 242 g/mol. The number of rotatable bonds is 3. The molecule has 0 radical (unpaired) electrons. The summed E-state index contributed by atoms with van der Waals surface area (Å²) in [6.45, 7) is 2.51. The summed E-state index contributed by atoms with van der Waals surface area (Å²) in [7, 11) is 1.82. The summed E-state index contributed by atoms with van der Waals surface area (Å²) >= 11 is 0. The molecule has 3 rings (SSSR count). The van der Waals surface area contributed by atoms with E-state index in [9.17, 15) is 0 Å². The minimum absolute atomic E-state index is 0.0392. The monoisotopic (exact) mass is 269 g/mol. The van der Waals surface area contributed by atoms with Crippen LogP contribution in [0.2, 0.25) is 0 Å². The molecule has 3 fully saturated rings. The third kappa shape index (κ3) is 2.44. The van der Waals surface area contributed by atoms with E-state index in [1.54, 1.807) is 0 Å². The zero-order valence-corrected chi connectivity index (χ0v) is 12.0. The highest BCUT2D eigenvalue weighted by molar-refractivity contribution is 5.03. The normalized spacial score (nSPS) is 34.7. The Morgan fingerprint density at radius 1 is 1.16 bits per heavy atom. The molecule has 19 heavy (non-hydrogen) atoms. The third-order valence-electron chi connectivity index (χ3n) is 5.66. The molecule has 1 spiro atoms. The Bertz CT molecular complexity index is 299. The number of hydrogen-bond acceptors (Lipinski definition) is 4. The molecule has 2 saturated heterocycles. The lowest BCUT2D eigenvalue weighted by atomic mass is 9.66. The van der Waals surface area contributed by atoms with Crippen molar-refractivity contribution in [2.45, 2.75) is 62.2 Å². The van der Waals surface area contributed by atoms with Crippen molar-refractivity contribution in [3.63, 3.8) is 0 Å². The van der Waals surface area contributed by atoms with Crippen LogP contribution in [0.1, 0.15) is 44.9 Å². The molecule has 0 aromatic rings. The van der Waals surface area contributed by atoms with Crippen molar-refractivity contribution in [2.24, 2.45) is 11.7 Å². The summed E-state index contributed by atoms with van der Waals surface area (Å²) in [6.07, 6.45) is 7.71. The molecule has 0 aromatic heterocycles. The molecule has 2 aliphatic heterocycles. The average Bonchev–Trinajstić information content (AvgIpc) is 2.39. The van der Waals surface area contributed by atoms with Crippen molar-refractivity contribution < 1.29 is 14.2 Å². The molecule has 1 saturated carbocycles. The molecular formula is C15H27NO3. The quantitative estimate of drug-likeness (QED) is 0.849. The minimum atomic E-state index is -0.0473. The molecule has 0 bridgehead atoms. The van der Waals surface area contributed by atoms with Crippen molar-refractivity contribution >= 4 is 0 Å². The third-order valence-corrected chi connectivity index (χ3v) is 5.66. The van der Waals surface area contributed by atoms with Crippen LogP contribution in [0.15, 0.2) is 0 Å². The summed E-state index contributed by atoms with van der Waals surface area (Å²) in [5.41, 5.74) is 6.57. The van der Waals surface area contributed by atoms with Gasteiger partial charge in [0.15, 0.2) is 0 Å². The Morgan fingerprint density at radius 3 is 2.47 bits per heavy atom. The van der Waals surface area contributed by atoms with Crippen LogP contribution in [0, 0.1) is 5.92 Å². The zero-order valence-electron chi connectivity index (χ0n) is 12.0. The van der Waals surface area contributed by atoms with Gasteiger partial charge in [-0.1, -0.05) is 0 Å². The van der Waals surface area contributed by atoms with E-state index in [0.717, 1.165) is 58.3 Å². The Morgan fingerprint density at radius 2 is 1.89 bits per heavy atom. The molecule has 3 aliphatic rings. The largest absolute Gasteiger partial charge is 0.381 e. The van der Waals surface area contributed by atoms with E-state index in [1.807, 2.05) is 7.11 Å². The van der Waals surface area contributed by atoms with Gasteiger partial charge in [-0.2, -0.15) is 0 Å². The second-order valence-electron chi connectivity index (χ2n) is 6.54. The molecule has 0 amide bonds. The van der Waals surface area contributed by atoms with Crippen LogP contribution >= 0.6 is 0 Å². The molecule has 2 heterocycles. The first-order valence-electron chi connectivity index (χ1n) is 7.72. The van der Waals surface area contributed by atoms with E-state index in [-0.39, 0.29) is 17.2 Å². The fourth-order valence-corrected chi connectivity index (χ4v) is 4.09. The first-order chi connectivity index (χ1) is 9.20. The standard InChI is InChI=1S/C15H27NO3/c1-17-15(4-2-5-15)13(16)12-3-8-19-14(11-12)6-9-18-10-7-14/h12-13H,2-11,16H2,1H3. The average molecular weight is 269 g/mol. The van der Waals surface area contributed by atoms with Crippen LogP contribution in [0.5, 0.6) is 0 Å². The molecule has 2 atom stereocenters. The Labute approximate surface area is 116 Å². The van der Waals surface area contributed by atoms with Gasteiger partial charge < -0.3 is 19.9 Å². The lowest BCUT2D eigenvalue weighted by Crippen LogP contribution is -2.60. The summed E-state index contributed by atoms with van der Waals surface area (Å²) in [5.74, 6) is 0.534. The van der Waals surface area contributed by atoms with Crippen molar-refractivity contribution in [3.05, 3.63) is 0 Å². The summed E-state index contributed by atoms with van der Waals surface area (Å²) < 4.78 is 17.4. The Balaban J connectivity index is 1.67. The highest BCUT2D eigenvalue weighted by atomic mass is 16.5. The summed E-state index contributed by atoms with van der Waals surface area (Å²) in [4.78, 5) is 0. The molecule has 0 aromatic carbocycles. The van der Waals surface area contributed by atoms with Gasteiger partial charge in [-0.3, -0.25) is 0 Å². The Kier molecular flexibility index (Phi) is 3.87. The van der Waals surface area contributed by atoms with Crippen LogP contribution in [0.25, 0.3) is 0 Å². The van der Waals surface area contributed by atoms with Gasteiger partial charge in [0.1, 0.15) is 0 Å². The van der Waals surface area contributed by atoms with Gasteiger partial charge in [0.2, 0.25) is 0 Å². The predicted octanol–water partition coefficient (Wildman–Crippen LogP) is 1.86. The van der Waals surface area contributed by atoms with Crippen molar-refractivity contribution in [3.8, 4) is 0 Å². The molecule has 1 aliphatic carbocycles. The van der Waals surface area contributed by atoms with Gasteiger partial charge in [0.25, 0.3) is 0 Å². The van der Waals surface area contributed by atoms with Gasteiger partial charge in [-0.15, -0.1) is 0 Å². The SMILES string of the molecule is COC1(C(N)C2CCOC3(CCOCC3)C2)CCC1. The van der Waals surface area contributed by atoms with E-state index in [1.165, 1.54) is 6.42 Å². The maximum atomic E-state index is 6.58. The van der Waals surface area contributed by atoms with Crippen molar-refractivity contribution in [1.29, 1.82) is 0 Å². The van der Waals surface area contributed by atoms with E-state index >= 15 is 0 Å². The first kappa shape index (κ1) is 13.8. The second-order valence-corrected chi connectivity index (χ2v) is 6.54. The minimum Gasteiger partial charge on any atom is -0.381 e. The fourth-order valence-electron chi connectivity index (χ4n) is 4.09. The van der Waals surface area contributed by atoms with Gasteiger partial charge in [-0.05, 0) is 50.9 Å². The van der Waals surface area contributed by atoms with E-state index in [4.69, 9.17) is 19.9 Å². The molecule has 110 valence electrons. The van der Waals surface area contributed by atoms with Crippen LogP contribution < -0.4 is 5.73 Å². The van der Waals surface area contributed by atoms with Crippen LogP contribution in [-0.2, 0) is 14.2 Å². The predicted molar refractivity (Wildman–Crippen MR) is 73.0 cm³/mol. The number of ether oxygens (including phenoxy) is 3. The van der Waals surface area contributed by atoms with Gasteiger partial charge >= 0.3 is 0 Å². The van der Waals surface area contributed by atoms with Crippen LogP contribution in [0.3, 0.4) is 0 Å². The molecule has 4 nitrogen and oxygen atoms in total. The van der Waals surface area contributed by atoms with Gasteiger partial charge in [0.05, 0.1) is 11.2 Å². The maximum Gasteiger partial charge on any atom is 0.0831 e. The molecule has 4 heteroatoms. The first-order valence-corrected chi connectivity index (χ1v) is 7.72. The van der Waals surface area contributed by atoms with E-state index in [0.29, 0.717) is 5.92 Å². The Hall–Kier alpha value is -0.160. The smallest absolute Gasteiger partial charge is 0.0831 e. The van der Waals surface area contributed by atoms with E-state index < -0.39 is 0 Å². The lowest BCUT2D eigenvalue weighted by molar-refractivity contribution is -0.167. The second kappa shape index (κ2) is 5.32. The number of nitrogens with two attached hydrogens (primary N) is 1. The summed E-state index contributed by atoms with van der Waals surface area (Å²) in [5, 5.41) is 0. The van der Waals surface area contributed by atoms with Crippen LogP contribution in [0.4, 0.5) is 0 Å². The van der Waals surface area contributed by atoms with Gasteiger partial charge in [0, 0.05) is 33.0 Å².